The molecule has 2 aromatic rings. The highest BCUT2D eigenvalue weighted by molar-refractivity contribution is 6.67. The number of benzene rings is 2. The average molecular weight is 242 g/mol. The Bertz CT molecular complexity index is 762. The van der Waals surface area contributed by atoms with Gasteiger partial charge in [0.1, 0.15) is 0 Å². The second-order valence-corrected chi connectivity index (χ2v) is 5.55. The maximum absolute atomic E-state index is 2.35. The van der Waals surface area contributed by atoms with Crippen molar-refractivity contribution in [2.45, 2.75) is 6.92 Å². The van der Waals surface area contributed by atoms with Crippen molar-refractivity contribution in [3.8, 4) is 0 Å². The van der Waals surface area contributed by atoms with E-state index in [0.717, 1.165) is 7.28 Å². The van der Waals surface area contributed by atoms with Crippen LogP contribution in [0.25, 0.3) is 16.3 Å². The van der Waals surface area contributed by atoms with Crippen molar-refractivity contribution in [2.24, 2.45) is 5.92 Å². The van der Waals surface area contributed by atoms with Gasteiger partial charge in [-0.25, -0.2) is 0 Å². The Morgan fingerprint density at radius 1 is 0.947 bits per heavy atom. The Hall–Kier alpha value is -2.02. The fourth-order valence-corrected chi connectivity index (χ4v) is 3.08. The largest absolute Gasteiger partial charge is 0.193 e. The van der Waals surface area contributed by atoms with E-state index in [-0.39, 0.29) is 0 Å². The molecular weight excluding hydrogens is 227 g/mol. The second kappa shape index (κ2) is 3.99. The summed E-state index contributed by atoms with van der Waals surface area (Å²) in [7, 11) is 1.07. The third kappa shape index (κ3) is 1.69. The van der Waals surface area contributed by atoms with Crippen molar-refractivity contribution >= 4 is 29.1 Å². The molecule has 2 aromatic carbocycles. The lowest BCUT2D eigenvalue weighted by molar-refractivity contribution is 0.942. The van der Waals surface area contributed by atoms with Crippen LogP contribution >= 0.6 is 0 Å². The number of hydrogen-bond acceptors (Lipinski definition) is 0. The highest BCUT2D eigenvalue weighted by Gasteiger charge is 2.21. The van der Waals surface area contributed by atoms with E-state index in [0.29, 0.717) is 5.92 Å². The molecule has 0 spiro atoms. The molecule has 0 amide bonds. The zero-order valence-electron chi connectivity index (χ0n) is 11.1. The maximum atomic E-state index is 2.35. The first-order chi connectivity index (χ1) is 9.31. The van der Waals surface area contributed by atoms with E-state index >= 15 is 0 Å². The van der Waals surface area contributed by atoms with Gasteiger partial charge in [-0.05, 0) is 33.9 Å². The molecule has 1 atom stereocenters. The Morgan fingerprint density at radius 3 is 2.53 bits per heavy atom. The number of hydrogen-bond donors (Lipinski definition) is 0. The molecule has 4 rings (SSSR count). The molecule has 19 heavy (non-hydrogen) atoms. The first-order valence-electron chi connectivity index (χ1n) is 6.93. The van der Waals surface area contributed by atoms with Gasteiger partial charge in [-0.15, -0.1) is 0 Å². The standard InChI is InChI=1S/C18H15B/c1-12-6-8-15-16-10-13-4-2-3-5-14(13)11-18(16)19-17(15)9-7-12/h2-12,19H,1H3/t12-/m1/s1. The topological polar surface area (TPSA) is 0 Å². The van der Waals surface area contributed by atoms with Gasteiger partial charge in [0.15, 0.2) is 7.28 Å². The molecule has 1 heterocycles. The number of fused-ring (bicyclic) bond motifs is 3. The molecule has 0 saturated carbocycles. The lowest BCUT2D eigenvalue weighted by atomic mass is 9.66. The third-order valence-electron chi connectivity index (χ3n) is 4.16. The summed E-state index contributed by atoms with van der Waals surface area (Å²) < 4.78 is 0. The predicted octanol–water partition coefficient (Wildman–Crippen LogP) is 3.39. The van der Waals surface area contributed by atoms with Gasteiger partial charge in [-0.3, -0.25) is 0 Å². The summed E-state index contributed by atoms with van der Waals surface area (Å²) in [5, 5.41) is 2.69. The summed E-state index contributed by atoms with van der Waals surface area (Å²) in [5.41, 5.74) is 5.77. The van der Waals surface area contributed by atoms with Crippen molar-refractivity contribution in [1.82, 2.24) is 0 Å². The Balaban J connectivity index is 1.94. The molecule has 0 N–H and O–H groups in total. The minimum Gasteiger partial charge on any atom is -0.0784 e. The maximum Gasteiger partial charge on any atom is 0.193 e. The van der Waals surface area contributed by atoms with Crippen LogP contribution in [0.15, 0.2) is 66.2 Å². The van der Waals surface area contributed by atoms with E-state index in [1.54, 1.807) is 0 Å². The number of allylic oxidation sites excluding steroid dienone is 6. The van der Waals surface area contributed by atoms with E-state index in [9.17, 15) is 0 Å². The lowest BCUT2D eigenvalue weighted by Crippen LogP contribution is -2.13. The lowest BCUT2D eigenvalue weighted by Gasteiger charge is -2.06. The van der Waals surface area contributed by atoms with Gasteiger partial charge in [-0.2, -0.15) is 0 Å². The smallest absolute Gasteiger partial charge is 0.0784 e. The monoisotopic (exact) mass is 242 g/mol. The summed E-state index contributed by atoms with van der Waals surface area (Å²) >= 11 is 0. The minimum absolute atomic E-state index is 0.537. The van der Waals surface area contributed by atoms with Crippen LogP contribution in [0.1, 0.15) is 12.5 Å². The highest BCUT2D eigenvalue weighted by Crippen LogP contribution is 2.30. The van der Waals surface area contributed by atoms with Crippen LogP contribution in [0.4, 0.5) is 0 Å². The van der Waals surface area contributed by atoms with Gasteiger partial charge < -0.3 is 0 Å². The summed E-state index contributed by atoms with van der Waals surface area (Å²) in [6.45, 7) is 2.23. The molecule has 1 aliphatic heterocycles. The van der Waals surface area contributed by atoms with E-state index in [4.69, 9.17) is 0 Å². The van der Waals surface area contributed by atoms with Crippen LogP contribution in [0, 0.1) is 5.92 Å². The van der Waals surface area contributed by atoms with E-state index < -0.39 is 0 Å². The molecule has 0 unspecified atom stereocenters. The van der Waals surface area contributed by atoms with Gasteiger partial charge in [0.2, 0.25) is 0 Å². The zero-order chi connectivity index (χ0) is 12.8. The van der Waals surface area contributed by atoms with Gasteiger partial charge in [0.05, 0.1) is 0 Å². The highest BCUT2D eigenvalue weighted by atomic mass is 14.2. The molecule has 2 aliphatic rings. The first kappa shape index (κ1) is 10.9. The molecule has 0 fully saturated rings. The summed E-state index contributed by atoms with van der Waals surface area (Å²) in [5.74, 6) is 0.537. The van der Waals surface area contributed by atoms with Gasteiger partial charge in [0.25, 0.3) is 0 Å². The van der Waals surface area contributed by atoms with Crippen molar-refractivity contribution in [3.63, 3.8) is 0 Å². The summed E-state index contributed by atoms with van der Waals surface area (Å²) in [6.07, 6.45) is 9.21. The molecule has 0 saturated heterocycles. The van der Waals surface area contributed by atoms with E-state index in [1.807, 2.05) is 0 Å². The Morgan fingerprint density at radius 2 is 1.68 bits per heavy atom. The third-order valence-corrected chi connectivity index (χ3v) is 4.16. The molecule has 1 aliphatic carbocycles. The predicted molar refractivity (Wildman–Crippen MR) is 85.1 cm³/mol. The normalized spacial score (nSPS) is 20.2. The van der Waals surface area contributed by atoms with Gasteiger partial charge in [0, 0.05) is 0 Å². The van der Waals surface area contributed by atoms with Crippen molar-refractivity contribution < 1.29 is 0 Å². The SMILES string of the molecule is C[C@H]1C=CC2=C(C=C1)c1cc3ccccc3cc1B2. The van der Waals surface area contributed by atoms with Crippen molar-refractivity contribution in [3.05, 3.63) is 71.7 Å². The summed E-state index contributed by atoms with van der Waals surface area (Å²) in [6, 6.07) is 13.3. The molecular formula is C18H15B. The fourth-order valence-electron chi connectivity index (χ4n) is 3.08. The second-order valence-electron chi connectivity index (χ2n) is 5.55. The molecule has 1 heteroatoms. The van der Waals surface area contributed by atoms with Crippen LogP contribution in [-0.2, 0) is 0 Å². The molecule has 0 nitrogen and oxygen atoms in total. The fraction of sp³-hybridized carbons (Fsp3) is 0.111. The van der Waals surface area contributed by atoms with Gasteiger partial charge in [-0.1, -0.05) is 72.5 Å². The molecule has 90 valence electrons. The van der Waals surface area contributed by atoms with Crippen LogP contribution in [-0.4, -0.2) is 7.28 Å². The van der Waals surface area contributed by atoms with Crippen LogP contribution in [0.2, 0.25) is 0 Å². The van der Waals surface area contributed by atoms with Crippen molar-refractivity contribution in [2.75, 3.05) is 0 Å². The molecule has 0 radical (unpaired) electrons. The summed E-state index contributed by atoms with van der Waals surface area (Å²) in [4.78, 5) is 0. The minimum atomic E-state index is 0.537. The zero-order valence-corrected chi connectivity index (χ0v) is 11.1. The van der Waals surface area contributed by atoms with Crippen LogP contribution in [0.5, 0.6) is 0 Å². The van der Waals surface area contributed by atoms with Crippen molar-refractivity contribution in [1.29, 1.82) is 0 Å². The first-order valence-corrected chi connectivity index (χ1v) is 6.93. The van der Waals surface area contributed by atoms with Crippen LogP contribution in [0.3, 0.4) is 0 Å². The quantitative estimate of drug-likeness (QED) is 0.621. The van der Waals surface area contributed by atoms with Crippen LogP contribution < -0.4 is 5.46 Å². The number of rotatable bonds is 0. The van der Waals surface area contributed by atoms with E-state index in [2.05, 4.69) is 67.6 Å². The average Bonchev–Trinajstić information content (AvgIpc) is 2.66. The van der Waals surface area contributed by atoms with Gasteiger partial charge >= 0.3 is 0 Å². The molecule has 0 aromatic heterocycles. The van der Waals surface area contributed by atoms with E-state index in [1.165, 1.54) is 32.8 Å². The Labute approximate surface area is 114 Å². The Kier molecular flexibility index (Phi) is 2.28. The molecule has 0 bridgehead atoms.